The fraction of sp³-hybridized carbons (Fsp3) is 0.500. The van der Waals surface area contributed by atoms with E-state index in [4.69, 9.17) is 11.6 Å². The normalized spacial score (nSPS) is 28.0. The van der Waals surface area contributed by atoms with Gasteiger partial charge >= 0.3 is 6.03 Å². The summed E-state index contributed by atoms with van der Waals surface area (Å²) in [5.74, 6) is 0.000411. The largest absolute Gasteiger partial charge is 0.369 e. The van der Waals surface area contributed by atoms with Gasteiger partial charge in [0.2, 0.25) is 0 Å². The summed E-state index contributed by atoms with van der Waals surface area (Å²) in [6.45, 7) is 2.25. The second kappa shape index (κ2) is 5.16. The Bertz CT molecular complexity index is 614. The van der Waals surface area contributed by atoms with E-state index in [1.165, 1.54) is 4.90 Å². The second-order valence-corrected chi connectivity index (χ2v) is 6.65. The van der Waals surface area contributed by atoms with Gasteiger partial charge in [0.05, 0.1) is 6.04 Å². The van der Waals surface area contributed by atoms with Crippen LogP contribution in [-0.2, 0) is 4.79 Å². The predicted octanol–water partition coefficient (Wildman–Crippen LogP) is 2.35. The lowest BCUT2D eigenvalue weighted by Crippen LogP contribution is -2.43. The lowest BCUT2D eigenvalue weighted by atomic mass is 10.2. The molecule has 3 fully saturated rings. The van der Waals surface area contributed by atoms with Crippen LogP contribution >= 0.6 is 11.6 Å². The maximum absolute atomic E-state index is 12.5. The smallest absolute Gasteiger partial charge is 0.327 e. The van der Waals surface area contributed by atoms with E-state index in [-0.39, 0.29) is 24.0 Å². The van der Waals surface area contributed by atoms with Gasteiger partial charge in [0.25, 0.3) is 5.91 Å². The lowest BCUT2D eigenvalue weighted by molar-refractivity contribution is -0.129. The number of imide groups is 1. The number of fused-ring (bicyclic) bond motifs is 1. The molecule has 1 aromatic rings. The Labute approximate surface area is 134 Å². The van der Waals surface area contributed by atoms with Crippen LogP contribution in [0, 0.1) is 0 Å². The maximum Gasteiger partial charge on any atom is 0.327 e. The zero-order valence-corrected chi connectivity index (χ0v) is 13.0. The van der Waals surface area contributed by atoms with E-state index >= 15 is 0 Å². The molecule has 3 aliphatic heterocycles. The molecule has 0 saturated carbocycles. The number of nitrogens with zero attached hydrogens (tertiary/aromatic N) is 3. The van der Waals surface area contributed by atoms with Crippen LogP contribution < -0.4 is 4.90 Å². The van der Waals surface area contributed by atoms with Gasteiger partial charge < -0.3 is 9.80 Å². The minimum atomic E-state index is -0.201. The highest BCUT2D eigenvalue weighted by Gasteiger charge is 2.50. The number of urea groups is 1. The number of benzene rings is 1. The third-order valence-corrected chi connectivity index (χ3v) is 5.16. The molecule has 0 bridgehead atoms. The molecule has 0 radical (unpaired) electrons. The Morgan fingerprint density at radius 2 is 2.00 bits per heavy atom. The molecule has 6 heteroatoms. The molecule has 116 valence electrons. The van der Waals surface area contributed by atoms with Crippen LogP contribution in [0.3, 0.4) is 0 Å². The third-order valence-electron chi connectivity index (χ3n) is 4.93. The number of halogens is 1. The van der Waals surface area contributed by atoms with E-state index < -0.39 is 0 Å². The van der Waals surface area contributed by atoms with Crippen molar-refractivity contribution < 1.29 is 9.59 Å². The molecule has 0 spiro atoms. The summed E-state index contributed by atoms with van der Waals surface area (Å²) in [4.78, 5) is 30.4. The van der Waals surface area contributed by atoms with E-state index in [1.807, 2.05) is 24.3 Å². The number of carbonyl (C=O) groups excluding carboxylic acids is 2. The van der Waals surface area contributed by atoms with Crippen molar-refractivity contribution in [2.75, 3.05) is 24.5 Å². The van der Waals surface area contributed by atoms with E-state index in [1.54, 1.807) is 4.90 Å². The highest BCUT2D eigenvalue weighted by atomic mass is 35.5. The van der Waals surface area contributed by atoms with Crippen molar-refractivity contribution in [1.82, 2.24) is 9.80 Å². The summed E-state index contributed by atoms with van der Waals surface area (Å²) in [5, 5.41) is 0.704. The van der Waals surface area contributed by atoms with Crippen LogP contribution in [0.25, 0.3) is 0 Å². The Hall–Kier alpha value is -1.75. The minimum Gasteiger partial charge on any atom is -0.369 e. The van der Waals surface area contributed by atoms with Crippen molar-refractivity contribution >= 4 is 29.2 Å². The second-order valence-electron chi connectivity index (χ2n) is 6.21. The van der Waals surface area contributed by atoms with Gasteiger partial charge in [0, 0.05) is 30.3 Å². The molecule has 0 unspecified atom stereocenters. The molecule has 4 rings (SSSR count). The molecule has 2 atom stereocenters. The van der Waals surface area contributed by atoms with Crippen molar-refractivity contribution in [1.29, 1.82) is 0 Å². The number of amides is 3. The van der Waals surface area contributed by atoms with Crippen molar-refractivity contribution in [3.63, 3.8) is 0 Å². The molecule has 3 aliphatic rings. The van der Waals surface area contributed by atoms with Crippen LogP contribution in [0.5, 0.6) is 0 Å². The monoisotopic (exact) mass is 319 g/mol. The minimum absolute atomic E-state index is 0.000411. The topological polar surface area (TPSA) is 43.9 Å². The summed E-state index contributed by atoms with van der Waals surface area (Å²) in [7, 11) is 0. The highest BCUT2D eigenvalue weighted by Crippen LogP contribution is 2.32. The van der Waals surface area contributed by atoms with Gasteiger partial charge in [-0.25, -0.2) is 4.79 Å². The first-order chi connectivity index (χ1) is 10.6. The maximum atomic E-state index is 12.5. The zero-order chi connectivity index (χ0) is 15.3. The third kappa shape index (κ3) is 2.07. The van der Waals surface area contributed by atoms with Crippen molar-refractivity contribution in [3.05, 3.63) is 29.3 Å². The lowest BCUT2D eigenvalue weighted by Gasteiger charge is -2.24. The summed E-state index contributed by atoms with van der Waals surface area (Å²) < 4.78 is 0. The number of hydrogen-bond donors (Lipinski definition) is 0. The molecule has 22 heavy (non-hydrogen) atoms. The van der Waals surface area contributed by atoms with Crippen molar-refractivity contribution in [2.24, 2.45) is 0 Å². The van der Waals surface area contributed by atoms with E-state index in [9.17, 15) is 9.59 Å². The number of hydrogen-bond acceptors (Lipinski definition) is 3. The Morgan fingerprint density at radius 1 is 1.14 bits per heavy atom. The van der Waals surface area contributed by atoms with Crippen molar-refractivity contribution in [3.8, 4) is 0 Å². The van der Waals surface area contributed by atoms with Gasteiger partial charge in [0.15, 0.2) is 0 Å². The molecule has 3 saturated heterocycles. The molecular weight excluding hydrogens is 302 g/mol. The Kier molecular flexibility index (Phi) is 3.26. The SMILES string of the molecule is O=C1[C@@H]2CCCN2C(=O)N1[C@H]1CCN(c2cccc(Cl)c2)C1. The summed E-state index contributed by atoms with van der Waals surface area (Å²) >= 11 is 6.05. The Morgan fingerprint density at radius 3 is 2.77 bits per heavy atom. The molecule has 0 aliphatic carbocycles. The first-order valence-corrected chi connectivity index (χ1v) is 8.17. The van der Waals surface area contributed by atoms with Crippen LogP contribution in [0.1, 0.15) is 19.3 Å². The van der Waals surface area contributed by atoms with Gasteiger partial charge in [-0.15, -0.1) is 0 Å². The zero-order valence-electron chi connectivity index (χ0n) is 12.2. The first kappa shape index (κ1) is 13.9. The summed E-state index contributed by atoms with van der Waals surface area (Å²) in [5.41, 5.74) is 1.05. The van der Waals surface area contributed by atoms with Crippen molar-refractivity contribution in [2.45, 2.75) is 31.3 Å². The quantitative estimate of drug-likeness (QED) is 0.786. The fourth-order valence-electron chi connectivity index (χ4n) is 3.84. The average Bonchev–Trinajstić information content (AvgIpc) is 3.19. The first-order valence-electron chi connectivity index (χ1n) is 7.79. The van der Waals surface area contributed by atoms with Crippen LogP contribution in [0.4, 0.5) is 10.5 Å². The molecular formula is C16H18ClN3O2. The summed E-state index contributed by atoms with van der Waals surface area (Å²) in [6, 6.07) is 7.40. The Balaban J connectivity index is 1.51. The molecule has 3 amide bonds. The van der Waals surface area contributed by atoms with Crippen LogP contribution in [0.2, 0.25) is 5.02 Å². The fourth-order valence-corrected chi connectivity index (χ4v) is 4.03. The molecule has 0 N–H and O–H groups in total. The molecule has 5 nitrogen and oxygen atoms in total. The number of rotatable bonds is 2. The standard InChI is InChI=1S/C16H18ClN3O2/c17-11-3-1-4-12(9-11)18-8-6-13(10-18)20-15(21)14-5-2-7-19(14)16(20)22/h1,3-4,9,13-14H,2,5-8,10H2/t13-,14-/m0/s1. The highest BCUT2D eigenvalue weighted by molar-refractivity contribution is 6.30. The van der Waals surface area contributed by atoms with Gasteiger partial charge in [-0.1, -0.05) is 17.7 Å². The van der Waals surface area contributed by atoms with E-state index in [2.05, 4.69) is 4.90 Å². The van der Waals surface area contributed by atoms with Crippen LogP contribution in [-0.4, -0.2) is 53.5 Å². The van der Waals surface area contributed by atoms with Crippen LogP contribution in [0.15, 0.2) is 24.3 Å². The number of carbonyl (C=O) groups is 2. The van der Waals surface area contributed by atoms with Gasteiger partial charge in [-0.05, 0) is 37.5 Å². The summed E-state index contributed by atoms with van der Waals surface area (Å²) in [6.07, 6.45) is 2.58. The molecule has 0 aromatic heterocycles. The predicted molar refractivity (Wildman–Crippen MR) is 84.0 cm³/mol. The van der Waals surface area contributed by atoms with Gasteiger partial charge in [0.1, 0.15) is 6.04 Å². The van der Waals surface area contributed by atoms with E-state index in [0.717, 1.165) is 38.0 Å². The molecule has 1 aromatic carbocycles. The van der Waals surface area contributed by atoms with E-state index in [0.29, 0.717) is 11.6 Å². The average molecular weight is 320 g/mol. The van der Waals surface area contributed by atoms with Gasteiger partial charge in [-0.3, -0.25) is 9.69 Å². The molecule has 3 heterocycles. The van der Waals surface area contributed by atoms with Gasteiger partial charge in [-0.2, -0.15) is 0 Å². The number of anilines is 1.